The molecule has 2 rings (SSSR count). The maximum atomic E-state index is 11.9. The fraction of sp³-hybridized carbons (Fsp3) is 0.636. The highest BCUT2D eigenvalue weighted by Gasteiger charge is 2.29. The minimum absolute atomic E-state index is 0.135. The molecule has 0 spiro atoms. The Morgan fingerprint density at radius 3 is 3.06 bits per heavy atom. The molecular weight excluding hydrogens is 204 g/mol. The fourth-order valence-electron chi connectivity index (χ4n) is 2.02. The molecule has 1 aromatic rings. The molecule has 5 heteroatoms. The third-order valence-electron chi connectivity index (χ3n) is 3.19. The van der Waals surface area contributed by atoms with Gasteiger partial charge < -0.3 is 15.6 Å². The first kappa shape index (κ1) is 11.1. The molecular formula is C11H18N4O. The zero-order valence-corrected chi connectivity index (χ0v) is 9.52. The van der Waals surface area contributed by atoms with Crippen LogP contribution in [0.1, 0.15) is 19.0 Å². The first-order chi connectivity index (χ1) is 7.66. The van der Waals surface area contributed by atoms with Crippen molar-refractivity contribution in [1.29, 1.82) is 0 Å². The van der Waals surface area contributed by atoms with Gasteiger partial charge in [-0.3, -0.25) is 4.79 Å². The molecule has 3 N–H and O–H groups in total. The molecule has 1 aliphatic heterocycles. The molecule has 2 heterocycles. The molecule has 5 nitrogen and oxygen atoms in total. The van der Waals surface area contributed by atoms with Crippen molar-refractivity contribution >= 4 is 5.91 Å². The SMILES string of the molecule is CC1CN(C(=O)CCc2cnc[nH]2)CC1N. The molecule has 0 radical (unpaired) electrons. The van der Waals surface area contributed by atoms with Crippen LogP contribution < -0.4 is 5.73 Å². The van der Waals surface area contributed by atoms with Crippen molar-refractivity contribution in [3.05, 3.63) is 18.2 Å². The summed E-state index contributed by atoms with van der Waals surface area (Å²) in [4.78, 5) is 20.6. The van der Waals surface area contributed by atoms with E-state index in [0.717, 1.165) is 18.7 Å². The number of aromatic nitrogens is 2. The van der Waals surface area contributed by atoms with E-state index < -0.39 is 0 Å². The van der Waals surface area contributed by atoms with Gasteiger partial charge in [0.25, 0.3) is 0 Å². The van der Waals surface area contributed by atoms with Gasteiger partial charge in [0.15, 0.2) is 0 Å². The zero-order valence-electron chi connectivity index (χ0n) is 9.52. The van der Waals surface area contributed by atoms with Crippen LogP contribution in [0.5, 0.6) is 0 Å². The van der Waals surface area contributed by atoms with Crippen molar-refractivity contribution in [2.45, 2.75) is 25.8 Å². The third-order valence-corrected chi connectivity index (χ3v) is 3.19. The van der Waals surface area contributed by atoms with Gasteiger partial charge in [-0.15, -0.1) is 0 Å². The molecule has 1 saturated heterocycles. The third kappa shape index (κ3) is 2.41. The lowest BCUT2D eigenvalue weighted by atomic mass is 10.1. The number of H-pyrrole nitrogens is 1. The Hall–Kier alpha value is -1.36. The van der Waals surface area contributed by atoms with Crippen molar-refractivity contribution in [1.82, 2.24) is 14.9 Å². The highest BCUT2D eigenvalue weighted by atomic mass is 16.2. The van der Waals surface area contributed by atoms with Gasteiger partial charge in [-0.1, -0.05) is 6.92 Å². The van der Waals surface area contributed by atoms with Crippen LogP contribution in [0.25, 0.3) is 0 Å². The van der Waals surface area contributed by atoms with Gasteiger partial charge in [0, 0.05) is 37.4 Å². The number of aryl methyl sites for hydroxylation is 1. The molecule has 1 aromatic heterocycles. The number of carbonyl (C=O) groups excluding carboxylic acids is 1. The molecule has 0 aliphatic carbocycles. The number of hydrogen-bond acceptors (Lipinski definition) is 3. The lowest BCUT2D eigenvalue weighted by molar-refractivity contribution is -0.130. The summed E-state index contributed by atoms with van der Waals surface area (Å²) in [7, 11) is 0. The smallest absolute Gasteiger partial charge is 0.223 e. The summed E-state index contributed by atoms with van der Waals surface area (Å²) in [6.07, 6.45) is 4.64. The Morgan fingerprint density at radius 1 is 1.69 bits per heavy atom. The molecule has 1 amide bonds. The maximum absolute atomic E-state index is 11.9. The second-order valence-corrected chi connectivity index (χ2v) is 4.52. The van der Waals surface area contributed by atoms with Gasteiger partial charge in [-0.25, -0.2) is 4.98 Å². The van der Waals surface area contributed by atoms with E-state index in [0.29, 0.717) is 18.9 Å². The number of likely N-dealkylation sites (tertiary alicyclic amines) is 1. The average Bonchev–Trinajstić information content (AvgIpc) is 2.86. The lowest BCUT2D eigenvalue weighted by Crippen LogP contribution is -2.32. The van der Waals surface area contributed by atoms with Crippen LogP contribution in [0, 0.1) is 5.92 Å². The van der Waals surface area contributed by atoms with Gasteiger partial charge in [-0.05, 0) is 12.3 Å². The van der Waals surface area contributed by atoms with Crippen molar-refractivity contribution in [2.75, 3.05) is 13.1 Å². The van der Waals surface area contributed by atoms with Crippen molar-refractivity contribution in [3.63, 3.8) is 0 Å². The monoisotopic (exact) mass is 222 g/mol. The van der Waals surface area contributed by atoms with Crippen molar-refractivity contribution < 1.29 is 4.79 Å². The van der Waals surface area contributed by atoms with E-state index in [9.17, 15) is 4.79 Å². The summed E-state index contributed by atoms with van der Waals surface area (Å²) in [5, 5.41) is 0. The van der Waals surface area contributed by atoms with Crippen LogP contribution in [0.2, 0.25) is 0 Å². The Balaban J connectivity index is 1.80. The summed E-state index contributed by atoms with van der Waals surface area (Å²) < 4.78 is 0. The molecule has 2 atom stereocenters. The van der Waals surface area contributed by atoms with Gasteiger partial charge >= 0.3 is 0 Å². The second-order valence-electron chi connectivity index (χ2n) is 4.52. The van der Waals surface area contributed by atoms with E-state index in [1.807, 2.05) is 4.90 Å². The molecule has 16 heavy (non-hydrogen) atoms. The van der Waals surface area contributed by atoms with Crippen LogP contribution in [0.15, 0.2) is 12.5 Å². The van der Waals surface area contributed by atoms with E-state index in [4.69, 9.17) is 5.73 Å². The fourth-order valence-corrected chi connectivity index (χ4v) is 2.02. The number of amides is 1. The first-order valence-corrected chi connectivity index (χ1v) is 5.67. The number of rotatable bonds is 3. The summed E-state index contributed by atoms with van der Waals surface area (Å²) in [6.45, 7) is 3.58. The van der Waals surface area contributed by atoms with Crippen LogP contribution in [0.3, 0.4) is 0 Å². The number of hydrogen-bond donors (Lipinski definition) is 2. The van der Waals surface area contributed by atoms with Crippen LogP contribution in [0.4, 0.5) is 0 Å². The van der Waals surface area contributed by atoms with Gasteiger partial charge in [0.05, 0.1) is 6.33 Å². The highest BCUT2D eigenvalue weighted by Crippen LogP contribution is 2.15. The van der Waals surface area contributed by atoms with Gasteiger partial charge in [0.2, 0.25) is 5.91 Å². The maximum Gasteiger partial charge on any atom is 0.223 e. The Bertz CT molecular complexity index is 339. The number of carbonyl (C=O) groups is 1. The number of imidazole rings is 1. The molecule has 1 aliphatic rings. The molecule has 1 fully saturated rings. The number of nitrogens with zero attached hydrogens (tertiary/aromatic N) is 2. The van der Waals surface area contributed by atoms with E-state index in [2.05, 4.69) is 16.9 Å². The summed E-state index contributed by atoms with van der Waals surface area (Å²) >= 11 is 0. The number of nitrogens with two attached hydrogens (primary N) is 1. The minimum Gasteiger partial charge on any atom is -0.348 e. The van der Waals surface area contributed by atoms with E-state index in [1.54, 1.807) is 12.5 Å². The van der Waals surface area contributed by atoms with E-state index in [1.165, 1.54) is 0 Å². The predicted molar refractivity (Wildman–Crippen MR) is 60.6 cm³/mol. The lowest BCUT2D eigenvalue weighted by Gasteiger charge is -2.15. The highest BCUT2D eigenvalue weighted by molar-refractivity contribution is 5.76. The number of nitrogens with one attached hydrogen (secondary N) is 1. The normalized spacial score (nSPS) is 25.0. The standard InChI is InChI=1S/C11H18N4O/c1-8-5-15(6-10(8)12)11(16)3-2-9-4-13-7-14-9/h4,7-8,10H,2-3,5-6,12H2,1H3,(H,13,14). The Labute approximate surface area is 95.0 Å². The molecule has 0 aromatic carbocycles. The quantitative estimate of drug-likeness (QED) is 0.764. The zero-order chi connectivity index (χ0) is 11.5. The first-order valence-electron chi connectivity index (χ1n) is 5.67. The second kappa shape index (κ2) is 4.65. The number of aromatic amines is 1. The topological polar surface area (TPSA) is 75.0 Å². The minimum atomic E-state index is 0.135. The summed E-state index contributed by atoms with van der Waals surface area (Å²) in [6, 6.07) is 0.135. The molecule has 0 bridgehead atoms. The van der Waals surface area contributed by atoms with Crippen LogP contribution >= 0.6 is 0 Å². The Morgan fingerprint density at radius 2 is 2.50 bits per heavy atom. The average molecular weight is 222 g/mol. The van der Waals surface area contributed by atoms with Crippen LogP contribution in [-0.2, 0) is 11.2 Å². The van der Waals surface area contributed by atoms with Crippen LogP contribution in [-0.4, -0.2) is 39.9 Å². The van der Waals surface area contributed by atoms with Gasteiger partial charge in [-0.2, -0.15) is 0 Å². The van der Waals surface area contributed by atoms with Crippen molar-refractivity contribution in [2.24, 2.45) is 11.7 Å². The summed E-state index contributed by atoms with van der Waals surface area (Å²) in [5.74, 6) is 0.602. The predicted octanol–water partition coefficient (Wildman–Crippen LogP) is 0.148. The summed E-state index contributed by atoms with van der Waals surface area (Å²) in [5.41, 5.74) is 6.89. The largest absolute Gasteiger partial charge is 0.348 e. The van der Waals surface area contributed by atoms with Gasteiger partial charge in [0.1, 0.15) is 0 Å². The molecule has 2 unspecified atom stereocenters. The molecule has 0 saturated carbocycles. The van der Waals surface area contributed by atoms with Crippen molar-refractivity contribution in [3.8, 4) is 0 Å². The van der Waals surface area contributed by atoms with E-state index in [-0.39, 0.29) is 11.9 Å². The Kier molecular flexibility index (Phi) is 3.24. The van der Waals surface area contributed by atoms with E-state index >= 15 is 0 Å². The molecule has 88 valence electrons.